The summed E-state index contributed by atoms with van der Waals surface area (Å²) in [6.07, 6.45) is 2.00. The van der Waals surface area contributed by atoms with E-state index in [9.17, 15) is 4.79 Å². The lowest BCUT2D eigenvalue weighted by Gasteiger charge is -2.07. The third-order valence-corrected chi connectivity index (χ3v) is 4.07. The highest BCUT2D eigenvalue weighted by molar-refractivity contribution is 6.12. The molecule has 110 valence electrons. The normalized spacial score (nSPS) is 13.6. The maximum atomic E-state index is 12.0. The van der Waals surface area contributed by atoms with Gasteiger partial charge in [0.2, 0.25) is 0 Å². The zero-order chi connectivity index (χ0) is 15.3. The van der Waals surface area contributed by atoms with Gasteiger partial charge in [-0.2, -0.15) is 0 Å². The van der Waals surface area contributed by atoms with Gasteiger partial charge < -0.3 is 14.0 Å². The fourth-order valence-corrected chi connectivity index (χ4v) is 3.11. The van der Waals surface area contributed by atoms with E-state index < -0.39 is 0 Å². The van der Waals surface area contributed by atoms with E-state index in [2.05, 4.69) is 16.7 Å². The molecule has 0 N–H and O–H groups in total. The number of rotatable bonds is 1. The van der Waals surface area contributed by atoms with Crippen molar-refractivity contribution < 1.29 is 14.3 Å². The topological polar surface area (TPSA) is 40.5 Å². The van der Waals surface area contributed by atoms with Crippen LogP contribution in [0.25, 0.3) is 28.0 Å². The fourth-order valence-electron chi connectivity index (χ4n) is 3.11. The van der Waals surface area contributed by atoms with Crippen molar-refractivity contribution in [1.29, 1.82) is 0 Å². The summed E-state index contributed by atoms with van der Waals surface area (Å²) in [4.78, 5) is 12.0. The summed E-state index contributed by atoms with van der Waals surface area (Å²) in [5, 5.41) is 2.17. The molecular formula is C18H15NO3. The first-order valence-corrected chi connectivity index (χ1v) is 7.14. The first kappa shape index (κ1) is 13.0. The van der Waals surface area contributed by atoms with Gasteiger partial charge in [0.1, 0.15) is 12.4 Å². The number of fused-ring (bicyclic) bond motifs is 3. The Morgan fingerprint density at radius 1 is 1.23 bits per heavy atom. The molecular weight excluding hydrogens is 278 g/mol. The van der Waals surface area contributed by atoms with E-state index in [1.54, 1.807) is 0 Å². The molecule has 0 aliphatic carbocycles. The second kappa shape index (κ2) is 4.63. The van der Waals surface area contributed by atoms with E-state index in [1.807, 2.05) is 37.4 Å². The molecule has 1 aromatic heterocycles. The minimum absolute atomic E-state index is 0.330. The van der Waals surface area contributed by atoms with Crippen molar-refractivity contribution in [1.82, 2.24) is 4.57 Å². The van der Waals surface area contributed by atoms with E-state index >= 15 is 0 Å². The van der Waals surface area contributed by atoms with Crippen molar-refractivity contribution in [3.63, 3.8) is 0 Å². The van der Waals surface area contributed by atoms with E-state index in [4.69, 9.17) is 9.47 Å². The van der Waals surface area contributed by atoms with Crippen molar-refractivity contribution >= 4 is 34.0 Å². The summed E-state index contributed by atoms with van der Waals surface area (Å²) in [7, 11) is 1.40. The van der Waals surface area contributed by atoms with Gasteiger partial charge in [-0.05, 0) is 25.1 Å². The third kappa shape index (κ3) is 1.73. The van der Waals surface area contributed by atoms with Crippen molar-refractivity contribution in [2.24, 2.45) is 0 Å². The second-order valence-corrected chi connectivity index (χ2v) is 5.44. The molecule has 1 aliphatic rings. The number of esters is 1. The Kier molecular flexibility index (Phi) is 2.73. The van der Waals surface area contributed by atoms with Crippen LogP contribution in [0.15, 0.2) is 42.2 Å². The molecule has 22 heavy (non-hydrogen) atoms. The number of nitrogens with zero attached hydrogens (tertiary/aromatic N) is 1. The molecule has 0 saturated heterocycles. The highest BCUT2D eigenvalue weighted by atomic mass is 16.5. The van der Waals surface area contributed by atoms with Crippen LogP contribution in [-0.4, -0.2) is 17.6 Å². The minimum Gasteiger partial charge on any atom is -0.492 e. The van der Waals surface area contributed by atoms with Gasteiger partial charge in [0.05, 0.1) is 23.7 Å². The van der Waals surface area contributed by atoms with Crippen LogP contribution in [0.2, 0.25) is 0 Å². The van der Waals surface area contributed by atoms with Crippen LogP contribution < -0.4 is 0 Å². The number of aromatic nitrogens is 1. The number of ether oxygens (including phenoxy) is 2. The number of benzene rings is 2. The Morgan fingerprint density at radius 2 is 2.05 bits per heavy atom. The molecule has 0 fully saturated rings. The lowest BCUT2D eigenvalue weighted by molar-refractivity contribution is 0.0600. The highest BCUT2D eigenvalue weighted by Crippen LogP contribution is 2.35. The zero-order valence-corrected chi connectivity index (χ0v) is 12.4. The summed E-state index contributed by atoms with van der Waals surface area (Å²) < 4.78 is 12.8. The summed E-state index contributed by atoms with van der Waals surface area (Å²) in [5.74, 6) is 0.516. The molecule has 0 unspecified atom stereocenters. The minimum atomic E-state index is -0.330. The molecule has 0 atom stereocenters. The van der Waals surface area contributed by atoms with Gasteiger partial charge >= 0.3 is 5.97 Å². The zero-order valence-electron chi connectivity index (χ0n) is 12.4. The quantitative estimate of drug-likeness (QED) is 0.638. The van der Waals surface area contributed by atoms with Crippen LogP contribution >= 0.6 is 0 Å². The van der Waals surface area contributed by atoms with Gasteiger partial charge in [0.25, 0.3) is 0 Å². The third-order valence-electron chi connectivity index (χ3n) is 4.07. The van der Waals surface area contributed by atoms with Gasteiger partial charge in [-0.25, -0.2) is 4.79 Å². The lowest BCUT2D eigenvalue weighted by atomic mass is 10.0. The van der Waals surface area contributed by atoms with Crippen LogP contribution in [0.5, 0.6) is 0 Å². The van der Waals surface area contributed by atoms with Crippen molar-refractivity contribution in [2.75, 3.05) is 7.11 Å². The Bertz CT molecular complexity index is 950. The van der Waals surface area contributed by atoms with E-state index in [0.29, 0.717) is 12.2 Å². The largest absolute Gasteiger partial charge is 0.492 e. The van der Waals surface area contributed by atoms with Gasteiger partial charge in [-0.3, -0.25) is 0 Å². The smallest absolute Gasteiger partial charge is 0.337 e. The molecule has 0 amide bonds. The molecule has 3 aromatic rings. The number of carbonyl (C=O) groups excluding carboxylic acids is 1. The Hall–Kier alpha value is -2.75. The molecule has 2 aromatic carbocycles. The fraction of sp³-hybridized carbons (Fsp3) is 0.167. The molecule has 4 nitrogen and oxygen atoms in total. The molecule has 0 saturated carbocycles. The predicted molar refractivity (Wildman–Crippen MR) is 85.5 cm³/mol. The number of allylic oxidation sites excluding steroid dienone is 1. The van der Waals surface area contributed by atoms with Crippen molar-refractivity contribution in [3.8, 4) is 0 Å². The highest BCUT2D eigenvalue weighted by Gasteiger charge is 2.19. The monoisotopic (exact) mass is 293 g/mol. The van der Waals surface area contributed by atoms with Crippen LogP contribution in [-0.2, 0) is 16.1 Å². The maximum Gasteiger partial charge on any atom is 0.337 e. The Balaban J connectivity index is 2.18. The molecule has 1 aliphatic heterocycles. The van der Waals surface area contributed by atoms with Gasteiger partial charge in [0, 0.05) is 22.5 Å². The van der Waals surface area contributed by atoms with Gasteiger partial charge in [-0.15, -0.1) is 0 Å². The Morgan fingerprint density at radius 3 is 2.86 bits per heavy atom. The van der Waals surface area contributed by atoms with Crippen molar-refractivity contribution in [2.45, 2.75) is 13.5 Å². The summed E-state index contributed by atoms with van der Waals surface area (Å²) >= 11 is 0. The lowest BCUT2D eigenvalue weighted by Crippen LogP contribution is -2.03. The summed E-state index contributed by atoms with van der Waals surface area (Å²) in [6, 6.07) is 11.9. The van der Waals surface area contributed by atoms with Gasteiger partial charge in [-0.1, -0.05) is 18.2 Å². The number of hydrogen-bond donors (Lipinski definition) is 0. The molecule has 0 bridgehead atoms. The molecule has 2 heterocycles. The predicted octanol–water partition coefficient (Wildman–Crippen LogP) is 3.93. The molecule has 0 radical (unpaired) electrons. The van der Waals surface area contributed by atoms with Crippen LogP contribution in [0.1, 0.15) is 22.8 Å². The molecule has 0 spiro atoms. The molecule has 4 rings (SSSR count). The average Bonchev–Trinajstić information content (AvgIpc) is 2.75. The first-order chi connectivity index (χ1) is 10.7. The van der Waals surface area contributed by atoms with Gasteiger partial charge in [0.15, 0.2) is 0 Å². The van der Waals surface area contributed by atoms with Crippen LogP contribution in [0.4, 0.5) is 0 Å². The summed E-state index contributed by atoms with van der Waals surface area (Å²) in [6.45, 7) is 2.38. The SMILES string of the molecule is COC(=O)c1cc2c3c(c1)c1ccccc1n3C=C(C)OC2. The van der Waals surface area contributed by atoms with Crippen molar-refractivity contribution in [3.05, 3.63) is 53.3 Å². The first-order valence-electron chi connectivity index (χ1n) is 7.14. The maximum absolute atomic E-state index is 12.0. The summed E-state index contributed by atoms with van der Waals surface area (Å²) in [5.41, 5.74) is 3.73. The second-order valence-electron chi connectivity index (χ2n) is 5.44. The van der Waals surface area contributed by atoms with Crippen LogP contribution in [0, 0.1) is 0 Å². The van der Waals surface area contributed by atoms with E-state index in [0.717, 1.165) is 33.1 Å². The number of para-hydroxylation sites is 1. The average molecular weight is 293 g/mol. The standard InChI is InChI=1S/C18H15NO3/c1-11-9-19-16-6-4-3-5-14(16)15-8-12(18(20)21-2)7-13(10-22-11)17(15)19/h3-9H,10H2,1-2H3. The number of methoxy groups -OCH3 is 1. The Labute approximate surface area is 127 Å². The van der Waals surface area contributed by atoms with E-state index in [-0.39, 0.29) is 5.97 Å². The van der Waals surface area contributed by atoms with Crippen LogP contribution in [0.3, 0.4) is 0 Å². The number of hydrogen-bond acceptors (Lipinski definition) is 3. The van der Waals surface area contributed by atoms with E-state index in [1.165, 1.54) is 7.11 Å². The number of carbonyl (C=O) groups is 1. The molecule has 4 heteroatoms.